The molecule has 3 aromatic rings. The minimum atomic E-state index is -0.128. The number of pyridine rings is 1. The quantitative estimate of drug-likeness (QED) is 0.609. The highest BCUT2D eigenvalue weighted by Crippen LogP contribution is 2.27. The molecular weight excluding hydrogens is 285 g/mol. The van der Waals surface area contributed by atoms with Gasteiger partial charge in [-0.25, -0.2) is 8.96 Å². The molecule has 3 rings (SSSR count). The van der Waals surface area contributed by atoms with E-state index in [-0.39, 0.29) is 5.82 Å². The van der Waals surface area contributed by atoms with Crippen LogP contribution in [-0.4, -0.2) is 0 Å². The van der Waals surface area contributed by atoms with Gasteiger partial charge in [-0.3, -0.25) is 0 Å². The molecule has 0 spiro atoms. The van der Waals surface area contributed by atoms with Crippen LogP contribution in [0.4, 0.5) is 4.39 Å². The van der Waals surface area contributed by atoms with Crippen LogP contribution in [0.3, 0.4) is 0 Å². The minimum absolute atomic E-state index is 0.128. The number of aryl methyl sites for hydroxylation is 3. The van der Waals surface area contributed by atoms with E-state index in [1.165, 1.54) is 11.1 Å². The van der Waals surface area contributed by atoms with Gasteiger partial charge in [0.25, 0.3) is 0 Å². The lowest BCUT2D eigenvalue weighted by Gasteiger charge is -2.08. The Labute approximate surface area is 137 Å². The molecule has 1 heterocycles. The lowest BCUT2D eigenvalue weighted by Crippen LogP contribution is -2.30. The summed E-state index contributed by atoms with van der Waals surface area (Å²) in [4.78, 5) is 0. The Bertz CT molecular complexity index is 852. The molecule has 0 aliphatic heterocycles. The molecule has 23 heavy (non-hydrogen) atoms. The third-order valence-corrected chi connectivity index (χ3v) is 4.33. The SMILES string of the molecule is CCc1cc(-c2cc[n+](C)c(-c3ccccc3C)c2)ccc1F. The third-order valence-electron chi connectivity index (χ3n) is 4.33. The van der Waals surface area contributed by atoms with Crippen molar-refractivity contribution in [2.24, 2.45) is 7.05 Å². The maximum absolute atomic E-state index is 13.7. The highest BCUT2D eigenvalue weighted by molar-refractivity contribution is 5.70. The summed E-state index contributed by atoms with van der Waals surface area (Å²) >= 11 is 0. The number of nitrogens with zero attached hydrogens (tertiary/aromatic N) is 1. The number of aromatic nitrogens is 1. The normalized spacial score (nSPS) is 10.8. The maximum Gasteiger partial charge on any atom is 0.213 e. The fourth-order valence-electron chi connectivity index (χ4n) is 2.90. The van der Waals surface area contributed by atoms with Gasteiger partial charge < -0.3 is 0 Å². The minimum Gasteiger partial charge on any atom is -0.207 e. The van der Waals surface area contributed by atoms with Crippen LogP contribution in [-0.2, 0) is 13.5 Å². The van der Waals surface area contributed by atoms with Crippen LogP contribution < -0.4 is 4.57 Å². The first kappa shape index (κ1) is 15.4. The second-order valence-corrected chi connectivity index (χ2v) is 5.89. The molecular formula is C21H21FN+. The van der Waals surface area contributed by atoms with Crippen LogP contribution in [0.25, 0.3) is 22.4 Å². The zero-order chi connectivity index (χ0) is 16.4. The lowest BCUT2D eigenvalue weighted by molar-refractivity contribution is -0.660. The van der Waals surface area contributed by atoms with Gasteiger partial charge in [0.2, 0.25) is 5.69 Å². The topological polar surface area (TPSA) is 3.88 Å². The summed E-state index contributed by atoms with van der Waals surface area (Å²) in [6.07, 6.45) is 2.76. The summed E-state index contributed by atoms with van der Waals surface area (Å²) in [5, 5.41) is 0. The molecule has 1 aromatic heterocycles. The molecule has 0 aliphatic rings. The first-order valence-electron chi connectivity index (χ1n) is 7.94. The number of rotatable bonds is 3. The molecule has 0 N–H and O–H groups in total. The lowest BCUT2D eigenvalue weighted by atomic mass is 9.99. The highest BCUT2D eigenvalue weighted by Gasteiger charge is 2.14. The second-order valence-electron chi connectivity index (χ2n) is 5.89. The summed E-state index contributed by atoms with van der Waals surface area (Å²) < 4.78 is 15.9. The van der Waals surface area contributed by atoms with Crippen molar-refractivity contribution in [2.75, 3.05) is 0 Å². The molecule has 0 saturated carbocycles. The van der Waals surface area contributed by atoms with Crippen LogP contribution >= 0.6 is 0 Å². The van der Waals surface area contributed by atoms with E-state index in [1.807, 2.05) is 26.1 Å². The van der Waals surface area contributed by atoms with Gasteiger partial charge in [-0.15, -0.1) is 0 Å². The fourth-order valence-corrected chi connectivity index (χ4v) is 2.90. The molecule has 1 nitrogen and oxygen atoms in total. The van der Waals surface area contributed by atoms with Crippen LogP contribution in [0.2, 0.25) is 0 Å². The zero-order valence-electron chi connectivity index (χ0n) is 13.8. The number of benzene rings is 2. The predicted molar refractivity (Wildman–Crippen MR) is 92.6 cm³/mol. The van der Waals surface area contributed by atoms with Gasteiger partial charge in [0.15, 0.2) is 6.20 Å². The highest BCUT2D eigenvalue weighted by atomic mass is 19.1. The van der Waals surface area contributed by atoms with Crippen molar-refractivity contribution in [3.05, 3.63) is 77.7 Å². The first-order valence-corrected chi connectivity index (χ1v) is 7.94. The summed E-state index contributed by atoms with van der Waals surface area (Å²) in [7, 11) is 2.05. The molecule has 0 unspecified atom stereocenters. The maximum atomic E-state index is 13.7. The predicted octanol–water partition coefficient (Wildman–Crippen LogP) is 4.86. The van der Waals surface area contributed by atoms with Crippen molar-refractivity contribution in [1.82, 2.24) is 0 Å². The fraction of sp³-hybridized carbons (Fsp3) is 0.190. The second kappa shape index (κ2) is 6.33. The molecule has 0 aliphatic carbocycles. The van der Waals surface area contributed by atoms with Crippen LogP contribution in [0.15, 0.2) is 60.8 Å². The number of hydrogen-bond donors (Lipinski definition) is 0. The number of hydrogen-bond acceptors (Lipinski definition) is 0. The number of halogens is 1. The average molecular weight is 306 g/mol. The van der Waals surface area contributed by atoms with Crippen LogP contribution in [0.1, 0.15) is 18.1 Å². The Balaban J connectivity index is 2.13. The third kappa shape index (κ3) is 3.02. The van der Waals surface area contributed by atoms with E-state index >= 15 is 0 Å². The molecule has 0 amide bonds. The standard InChI is InChI=1S/C21H21FN/c1-4-16-13-17(9-10-20(16)22)18-11-12-23(3)21(14-18)19-8-6-5-7-15(19)2/h5-14H,4H2,1-3H3/q+1. The van der Waals surface area contributed by atoms with E-state index in [0.29, 0.717) is 6.42 Å². The Kier molecular flexibility index (Phi) is 4.24. The molecule has 0 bridgehead atoms. The summed E-state index contributed by atoms with van der Waals surface area (Å²) in [5.74, 6) is -0.128. The monoisotopic (exact) mass is 306 g/mol. The van der Waals surface area contributed by atoms with E-state index in [0.717, 1.165) is 22.4 Å². The molecule has 0 radical (unpaired) electrons. The van der Waals surface area contributed by atoms with Gasteiger partial charge in [-0.2, -0.15) is 0 Å². The van der Waals surface area contributed by atoms with E-state index < -0.39 is 0 Å². The first-order chi connectivity index (χ1) is 11.1. The zero-order valence-corrected chi connectivity index (χ0v) is 13.8. The Morgan fingerprint density at radius 3 is 2.43 bits per heavy atom. The van der Waals surface area contributed by atoms with Gasteiger partial charge in [-0.05, 0) is 53.8 Å². The Hall–Kier alpha value is -2.48. The van der Waals surface area contributed by atoms with Crippen molar-refractivity contribution in [2.45, 2.75) is 20.3 Å². The smallest absolute Gasteiger partial charge is 0.207 e. The molecule has 0 fully saturated rings. The van der Waals surface area contributed by atoms with Crippen molar-refractivity contribution in [1.29, 1.82) is 0 Å². The summed E-state index contributed by atoms with van der Waals surface area (Å²) in [6, 6.07) is 18.0. The van der Waals surface area contributed by atoms with Crippen molar-refractivity contribution >= 4 is 0 Å². The van der Waals surface area contributed by atoms with Gasteiger partial charge in [0.1, 0.15) is 12.9 Å². The van der Waals surface area contributed by atoms with Crippen molar-refractivity contribution in [3.8, 4) is 22.4 Å². The summed E-state index contributed by atoms with van der Waals surface area (Å²) in [6.45, 7) is 4.10. The average Bonchev–Trinajstić information content (AvgIpc) is 2.57. The van der Waals surface area contributed by atoms with Gasteiger partial charge >= 0.3 is 0 Å². The van der Waals surface area contributed by atoms with Crippen LogP contribution in [0.5, 0.6) is 0 Å². The Morgan fingerprint density at radius 1 is 0.957 bits per heavy atom. The Morgan fingerprint density at radius 2 is 1.70 bits per heavy atom. The van der Waals surface area contributed by atoms with Crippen LogP contribution in [0, 0.1) is 12.7 Å². The largest absolute Gasteiger partial charge is 0.213 e. The van der Waals surface area contributed by atoms with Gasteiger partial charge in [0.05, 0.1) is 0 Å². The summed E-state index contributed by atoms with van der Waals surface area (Å²) in [5.41, 5.74) is 6.54. The van der Waals surface area contributed by atoms with Crippen molar-refractivity contribution < 1.29 is 8.96 Å². The van der Waals surface area contributed by atoms with E-state index in [1.54, 1.807) is 6.07 Å². The molecule has 0 atom stereocenters. The molecule has 116 valence electrons. The molecule has 2 aromatic carbocycles. The van der Waals surface area contributed by atoms with Gasteiger partial charge in [-0.1, -0.05) is 31.2 Å². The molecule has 2 heteroatoms. The van der Waals surface area contributed by atoms with E-state index in [9.17, 15) is 4.39 Å². The van der Waals surface area contributed by atoms with Crippen molar-refractivity contribution in [3.63, 3.8) is 0 Å². The van der Waals surface area contributed by atoms with Gasteiger partial charge in [0, 0.05) is 17.7 Å². The van der Waals surface area contributed by atoms with E-state index in [2.05, 4.69) is 54.1 Å². The molecule has 0 saturated heterocycles. The van der Waals surface area contributed by atoms with E-state index in [4.69, 9.17) is 0 Å².